The number of hydrogen-bond donors (Lipinski definition) is 1. The van der Waals surface area contributed by atoms with Crippen molar-refractivity contribution in [3.05, 3.63) is 34.1 Å². The number of amides is 1. The third-order valence-corrected chi connectivity index (χ3v) is 3.34. The quantitative estimate of drug-likeness (QED) is 0.899. The van der Waals surface area contributed by atoms with Crippen molar-refractivity contribution in [2.45, 2.75) is 19.1 Å². The van der Waals surface area contributed by atoms with Crippen molar-refractivity contribution in [3.8, 4) is 0 Å². The van der Waals surface area contributed by atoms with E-state index in [4.69, 9.17) is 0 Å². The van der Waals surface area contributed by atoms with E-state index in [-0.39, 0.29) is 18.1 Å². The largest absolute Gasteiger partial charge is 0.391 e. The Morgan fingerprint density at radius 3 is 2.94 bits per heavy atom. The molecule has 1 aliphatic rings. The van der Waals surface area contributed by atoms with Crippen LogP contribution >= 0.6 is 15.9 Å². The molecule has 2 rings (SSSR count). The number of benzene rings is 1. The highest BCUT2D eigenvalue weighted by Gasteiger charge is 2.28. The maximum Gasteiger partial charge on any atom is 0.225 e. The smallest absolute Gasteiger partial charge is 0.225 e. The summed E-state index contributed by atoms with van der Waals surface area (Å²) in [6.07, 6.45) is -0.438. The van der Waals surface area contributed by atoms with Crippen molar-refractivity contribution in [1.82, 2.24) is 4.90 Å². The average Bonchev–Trinajstić information content (AvgIpc) is 2.51. The van der Waals surface area contributed by atoms with Crippen molar-refractivity contribution in [2.24, 2.45) is 0 Å². The Balaban J connectivity index is 2.15. The third kappa shape index (κ3) is 2.41. The van der Waals surface area contributed by atoms with Crippen LogP contribution in [-0.4, -0.2) is 28.6 Å². The van der Waals surface area contributed by atoms with Gasteiger partial charge in [-0.2, -0.15) is 0 Å². The first kappa shape index (κ1) is 11.5. The first-order valence-corrected chi connectivity index (χ1v) is 5.75. The number of β-amino-alcohol motifs (C(OH)–C–C–N with tert-alkyl or cyclic N) is 1. The van der Waals surface area contributed by atoms with Crippen LogP contribution in [0.25, 0.3) is 0 Å². The lowest BCUT2D eigenvalue weighted by Crippen LogP contribution is -2.25. The monoisotopic (exact) mass is 287 g/mol. The SMILES string of the molecule is O=C1CC(O)CN1Cc1cc(F)ccc1Br. The van der Waals surface area contributed by atoms with E-state index in [1.165, 1.54) is 17.0 Å². The van der Waals surface area contributed by atoms with Gasteiger partial charge in [0.1, 0.15) is 5.82 Å². The summed E-state index contributed by atoms with van der Waals surface area (Å²) in [5, 5.41) is 9.32. The van der Waals surface area contributed by atoms with Crippen molar-refractivity contribution < 1.29 is 14.3 Å². The van der Waals surface area contributed by atoms with Gasteiger partial charge in [0, 0.05) is 17.6 Å². The van der Waals surface area contributed by atoms with Crippen LogP contribution in [0.15, 0.2) is 22.7 Å². The highest BCUT2D eigenvalue weighted by molar-refractivity contribution is 9.10. The van der Waals surface area contributed by atoms with Gasteiger partial charge in [-0.1, -0.05) is 15.9 Å². The summed E-state index contributed by atoms with van der Waals surface area (Å²) in [7, 11) is 0. The fourth-order valence-electron chi connectivity index (χ4n) is 1.77. The maximum atomic E-state index is 13.0. The van der Waals surface area contributed by atoms with Crippen LogP contribution in [0, 0.1) is 5.82 Å². The third-order valence-electron chi connectivity index (χ3n) is 2.56. The summed E-state index contributed by atoms with van der Waals surface area (Å²) in [5.41, 5.74) is 0.711. The van der Waals surface area contributed by atoms with E-state index in [1.807, 2.05) is 0 Å². The molecule has 5 heteroatoms. The first-order chi connectivity index (χ1) is 7.56. The molecular weight excluding hydrogens is 277 g/mol. The van der Waals surface area contributed by atoms with Gasteiger partial charge in [0.25, 0.3) is 0 Å². The molecule has 1 heterocycles. The lowest BCUT2D eigenvalue weighted by Gasteiger charge is -2.16. The Labute approximate surface area is 101 Å². The number of carbonyl (C=O) groups is 1. The normalized spacial score (nSPS) is 20.6. The number of aliphatic hydroxyl groups is 1. The Hall–Kier alpha value is -0.940. The minimum atomic E-state index is -0.597. The fraction of sp³-hybridized carbons (Fsp3) is 0.364. The summed E-state index contributed by atoms with van der Waals surface area (Å²) in [6, 6.07) is 4.36. The molecular formula is C11H11BrFNO2. The Morgan fingerprint density at radius 2 is 2.31 bits per heavy atom. The molecule has 1 fully saturated rings. The molecule has 0 aromatic heterocycles. The second-order valence-corrected chi connectivity index (χ2v) is 4.72. The van der Waals surface area contributed by atoms with Gasteiger partial charge in [-0.05, 0) is 23.8 Å². The Kier molecular flexibility index (Phi) is 3.25. The highest BCUT2D eigenvalue weighted by Crippen LogP contribution is 2.22. The number of halogens is 2. The zero-order valence-corrected chi connectivity index (χ0v) is 10.1. The molecule has 1 saturated heterocycles. The van der Waals surface area contributed by atoms with E-state index in [1.54, 1.807) is 6.07 Å². The molecule has 86 valence electrons. The number of likely N-dealkylation sites (tertiary alicyclic amines) is 1. The molecule has 1 aliphatic heterocycles. The van der Waals surface area contributed by atoms with Gasteiger partial charge < -0.3 is 10.0 Å². The molecule has 1 atom stereocenters. The van der Waals surface area contributed by atoms with Crippen LogP contribution in [0.5, 0.6) is 0 Å². The van der Waals surface area contributed by atoms with Crippen molar-refractivity contribution in [2.75, 3.05) is 6.54 Å². The van der Waals surface area contributed by atoms with Gasteiger partial charge in [0.15, 0.2) is 0 Å². The molecule has 0 aliphatic carbocycles. The van der Waals surface area contributed by atoms with E-state index in [2.05, 4.69) is 15.9 Å². The van der Waals surface area contributed by atoms with Gasteiger partial charge in [-0.25, -0.2) is 4.39 Å². The zero-order chi connectivity index (χ0) is 11.7. The summed E-state index contributed by atoms with van der Waals surface area (Å²) >= 11 is 3.31. The Bertz CT molecular complexity index is 424. The first-order valence-electron chi connectivity index (χ1n) is 4.96. The molecule has 1 aromatic carbocycles. The van der Waals surface area contributed by atoms with Crippen LogP contribution in [0.3, 0.4) is 0 Å². The molecule has 1 unspecified atom stereocenters. The minimum Gasteiger partial charge on any atom is -0.391 e. The summed E-state index contributed by atoms with van der Waals surface area (Å²) in [5.74, 6) is -0.422. The van der Waals surface area contributed by atoms with E-state index >= 15 is 0 Å². The van der Waals surface area contributed by atoms with Gasteiger partial charge in [0.05, 0.1) is 12.5 Å². The number of hydrogen-bond acceptors (Lipinski definition) is 2. The van der Waals surface area contributed by atoms with E-state index in [0.29, 0.717) is 18.7 Å². The summed E-state index contributed by atoms with van der Waals surface area (Å²) < 4.78 is 13.8. The lowest BCUT2D eigenvalue weighted by atomic mass is 10.2. The number of aliphatic hydroxyl groups excluding tert-OH is 1. The number of nitrogens with zero attached hydrogens (tertiary/aromatic N) is 1. The molecule has 0 spiro atoms. The fourth-order valence-corrected chi connectivity index (χ4v) is 2.15. The highest BCUT2D eigenvalue weighted by atomic mass is 79.9. The molecule has 1 amide bonds. The standard InChI is InChI=1S/C11H11BrFNO2/c12-10-2-1-8(13)3-7(10)5-14-6-9(15)4-11(14)16/h1-3,9,15H,4-6H2. The number of carbonyl (C=O) groups excluding carboxylic acids is 1. The van der Waals surface area contributed by atoms with Crippen LogP contribution in [0.4, 0.5) is 4.39 Å². The van der Waals surface area contributed by atoms with Crippen LogP contribution in [0.2, 0.25) is 0 Å². The second-order valence-electron chi connectivity index (χ2n) is 3.87. The number of rotatable bonds is 2. The predicted molar refractivity (Wildman–Crippen MR) is 60.1 cm³/mol. The lowest BCUT2D eigenvalue weighted by molar-refractivity contribution is -0.128. The average molecular weight is 288 g/mol. The van der Waals surface area contributed by atoms with Gasteiger partial charge in [0.2, 0.25) is 5.91 Å². The van der Waals surface area contributed by atoms with E-state index in [9.17, 15) is 14.3 Å². The Morgan fingerprint density at radius 1 is 1.56 bits per heavy atom. The van der Waals surface area contributed by atoms with Crippen molar-refractivity contribution in [3.63, 3.8) is 0 Å². The molecule has 0 saturated carbocycles. The van der Waals surface area contributed by atoms with Gasteiger partial charge in [-0.3, -0.25) is 4.79 Å². The predicted octanol–water partition coefficient (Wildman–Crippen LogP) is 1.68. The molecule has 16 heavy (non-hydrogen) atoms. The summed E-state index contributed by atoms with van der Waals surface area (Å²) in [4.78, 5) is 13.0. The van der Waals surface area contributed by atoms with Crippen molar-refractivity contribution in [1.29, 1.82) is 0 Å². The summed E-state index contributed by atoms with van der Waals surface area (Å²) in [6.45, 7) is 0.649. The second kappa shape index (κ2) is 4.51. The van der Waals surface area contributed by atoms with E-state index < -0.39 is 6.10 Å². The molecule has 0 radical (unpaired) electrons. The van der Waals surface area contributed by atoms with Gasteiger partial charge in [-0.15, -0.1) is 0 Å². The maximum absolute atomic E-state index is 13.0. The van der Waals surface area contributed by atoms with Crippen molar-refractivity contribution >= 4 is 21.8 Å². The minimum absolute atomic E-state index is 0.0938. The topological polar surface area (TPSA) is 40.5 Å². The zero-order valence-electron chi connectivity index (χ0n) is 8.49. The van der Waals surface area contributed by atoms with Crippen LogP contribution in [0.1, 0.15) is 12.0 Å². The van der Waals surface area contributed by atoms with E-state index in [0.717, 1.165) is 4.47 Å². The van der Waals surface area contributed by atoms with Crippen LogP contribution < -0.4 is 0 Å². The molecule has 1 N–H and O–H groups in total. The molecule has 0 bridgehead atoms. The molecule has 3 nitrogen and oxygen atoms in total. The molecule has 1 aromatic rings. The van der Waals surface area contributed by atoms with Gasteiger partial charge >= 0.3 is 0 Å². The van der Waals surface area contributed by atoms with Crippen LogP contribution in [-0.2, 0) is 11.3 Å².